The summed E-state index contributed by atoms with van der Waals surface area (Å²) in [5, 5.41) is 14.7. The van der Waals surface area contributed by atoms with E-state index in [1.165, 1.54) is 0 Å². The Bertz CT molecular complexity index is 1160. The number of carbonyl (C=O) groups is 1. The van der Waals surface area contributed by atoms with Crippen molar-refractivity contribution >= 4 is 79.4 Å². The Kier molecular flexibility index (Phi) is 7.92. The van der Waals surface area contributed by atoms with E-state index in [-0.39, 0.29) is 5.71 Å². The Balaban J connectivity index is 1.96. The first-order valence-electron chi connectivity index (χ1n) is 9.17. The fourth-order valence-corrected chi connectivity index (χ4v) is 3.70. The van der Waals surface area contributed by atoms with Gasteiger partial charge in [0.15, 0.2) is 5.69 Å². The predicted molar refractivity (Wildman–Crippen MR) is 133 cm³/mol. The Hall–Kier alpha value is -2.15. The summed E-state index contributed by atoms with van der Waals surface area (Å²) >= 11 is 21.8. The van der Waals surface area contributed by atoms with Crippen LogP contribution in [0.2, 0.25) is 15.1 Å². The summed E-state index contributed by atoms with van der Waals surface area (Å²) in [6.07, 6.45) is 0. The highest BCUT2D eigenvalue weighted by Gasteiger charge is 2.21. The summed E-state index contributed by atoms with van der Waals surface area (Å²) in [6.45, 7) is 1.73. The molecule has 0 fully saturated rings. The molecule has 3 rings (SSSR count). The van der Waals surface area contributed by atoms with Crippen LogP contribution in [0.1, 0.15) is 12.5 Å². The normalized spacial score (nSPS) is 11.6. The molecular weight excluding hydrogens is 521 g/mol. The summed E-state index contributed by atoms with van der Waals surface area (Å²) in [5.41, 5.74) is 3.13. The van der Waals surface area contributed by atoms with Crippen LogP contribution >= 0.6 is 50.7 Å². The summed E-state index contributed by atoms with van der Waals surface area (Å²) in [5.74, 6) is -0.512. The van der Waals surface area contributed by atoms with Gasteiger partial charge in [0.05, 0.1) is 0 Å². The van der Waals surface area contributed by atoms with Crippen LogP contribution < -0.4 is 10.6 Å². The number of hydrogen-bond donors (Lipinski definition) is 3. The van der Waals surface area contributed by atoms with Crippen molar-refractivity contribution < 1.29 is 10.1 Å². The van der Waals surface area contributed by atoms with Gasteiger partial charge in [-0.3, -0.25) is 15.5 Å². The minimum atomic E-state index is -0.512. The molecule has 0 aliphatic heterocycles. The average molecular weight is 539 g/mol. The molecule has 31 heavy (non-hydrogen) atoms. The maximum absolute atomic E-state index is 12.7. The molecule has 0 aromatic heterocycles. The van der Waals surface area contributed by atoms with Gasteiger partial charge in [-0.2, -0.15) is 0 Å². The van der Waals surface area contributed by atoms with Crippen LogP contribution in [0.25, 0.3) is 5.70 Å². The summed E-state index contributed by atoms with van der Waals surface area (Å²) in [4.78, 5) is 12.7. The van der Waals surface area contributed by atoms with E-state index < -0.39 is 5.91 Å². The van der Waals surface area contributed by atoms with E-state index in [1.807, 2.05) is 29.6 Å². The molecule has 1 amide bonds. The highest BCUT2D eigenvalue weighted by atomic mass is 79.9. The molecule has 3 aromatic rings. The van der Waals surface area contributed by atoms with Gasteiger partial charge in [-0.25, -0.2) is 0 Å². The standard InChI is InChI=1S/C23H17BrCl3N3O/c1-13(21(28)23(31)29-18-9-4-15(24)5-10-18)22(14-2-6-16(25)7-3-14)30-20-11-8-17(26)12-19(20)27/h2-12,28,30H,1H3,(H,29,31)/p+1/b22-13-,28-21?. The minimum absolute atomic E-state index is 0.158. The smallest absolute Gasteiger partial charge is 0.274 e. The largest absolute Gasteiger partial charge is 0.321 e. The molecule has 0 aliphatic rings. The molecule has 8 heteroatoms. The number of nitrogens with one attached hydrogen (secondary N) is 2. The number of benzene rings is 3. The molecule has 0 aliphatic carbocycles. The number of quaternary nitrogens is 1. The highest BCUT2D eigenvalue weighted by Crippen LogP contribution is 2.24. The van der Waals surface area contributed by atoms with Crippen molar-refractivity contribution in [3.05, 3.63) is 97.4 Å². The van der Waals surface area contributed by atoms with E-state index in [1.54, 1.807) is 49.4 Å². The molecule has 3 aromatic carbocycles. The van der Waals surface area contributed by atoms with Crippen molar-refractivity contribution in [2.45, 2.75) is 6.92 Å². The summed E-state index contributed by atoms with van der Waals surface area (Å²) < 4.78 is 0.899. The van der Waals surface area contributed by atoms with Gasteiger partial charge in [0.25, 0.3) is 5.91 Å². The number of carbonyl (C=O) groups excluding carboxylic acids is 1. The van der Waals surface area contributed by atoms with Crippen LogP contribution in [0, 0.1) is 5.41 Å². The maximum atomic E-state index is 12.7. The quantitative estimate of drug-likeness (QED) is 0.237. The number of nitrogens with two attached hydrogens (primary N) is 1. The van der Waals surface area contributed by atoms with Gasteiger partial charge in [-0.15, -0.1) is 0 Å². The fraction of sp³-hybridized carbons (Fsp3) is 0.0435. The third-order valence-electron chi connectivity index (χ3n) is 4.53. The average Bonchev–Trinajstić information content (AvgIpc) is 2.74. The molecule has 4 N–H and O–H groups in total. The van der Waals surface area contributed by atoms with Gasteiger partial charge in [-0.1, -0.05) is 50.7 Å². The Labute approximate surface area is 203 Å². The Morgan fingerprint density at radius 2 is 1.55 bits per heavy atom. The zero-order valence-electron chi connectivity index (χ0n) is 16.3. The third kappa shape index (κ3) is 6.19. The molecule has 0 heterocycles. The molecule has 0 saturated carbocycles. The number of hydrogen-bond acceptors (Lipinski definition) is 2. The van der Waals surface area contributed by atoms with Crippen molar-refractivity contribution in [1.82, 2.24) is 0 Å². The second-order valence-electron chi connectivity index (χ2n) is 6.69. The lowest BCUT2D eigenvalue weighted by molar-refractivity contribution is -0.469. The molecule has 0 unspecified atom stereocenters. The van der Waals surface area contributed by atoms with Gasteiger partial charge in [0.1, 0.15) is 16.4 Å². The summed E-state index contributed by atoms with van der Waals surface area (Å²) in [7, 11) is 0. The van der Waals surface area contributed by atoms with Crippen molar-refractivity contribution in [2.24, 2.45) is 0 Å². The first kappa shape index (κ1) is 23.5. The lowest BCUT2D eigenvalue weighted by Gasteiger charge is -2.13. The zero-order chi connectivity index (χ0) is 22.5. The van der Waals surface area contributed by atoms with Crippen LogP contribution in [-0.4, -0.2) is 11.6 Å². The maximum Gasteiger partial charge on any atom is 0.274 e. The van der Waals surface area contributed by atoms with E-state index in [0.29, 0.717) is 32.0 Å². The molecular formula is C23H18BrCl3N3O+. The molecule has 0 spiro atoms. The lowest BCUT2D eigenvalue weighted by Crippen LogP contribution is -2.75. The Morgan fingerprint density at radius 1 is 0.935 bits per heavy atom. The summed E-state index contributed by atoms with van der Waals surface area (Å²) in [6, 6.07) is 19.5. The van der Waals surface area contributed by atoms with Crippen LogP contribution in [0.5, 0.6) is 0 Å². The van der Waals surface area contributed by atoms with Crippen LogP contribution in [0.4, 0.5) is 11.4 Å². The third-order valence-corrected chi connectivity index (χ3v) is 5.87. The second kappa shape index (κ2) is 10.4. The first-order valence-corrected chi connectivity index (χ1v) is 11.1. The van der Waals surface area contributed by atoms with Gasteiger partial charge in [-0.05, 0) is 67.6 Å². The van der Waals surface area contributed by atoms with Gasteiger partial charge in [0.2, 0.25) is 0 Å². The molecule has 0 atom stereocenters. The van der Waals surface area contributed by atoms with Crippen LogP contribution in [-0.2, 0) is 4.79 Å². The predicted octanol–water partition coefficient (Wildman–Crippen LogP) is 6.69. The van der Waals surface area contributed by atoms with Crippen molar-refractivity contribution in [1.29, 1.82) is 5.41 Å². The minimum Gasteiger partial charge on any atom is -0.321 e. The molecule has 0 saturated heterocycles. The van der Waals surface area contributed by atoms with Crippen LogP contribution in [0.3, 0.4) is 0 Å². The zero-order valence-corrected chi connectivity index (χ0v) is 20.2. The van der Waals surface area contributed by atoms with Crippen LogP contribution in [0.15, 0.2) is 76.8 Å². The van der Waals surface area contributed by atoms with Gasteiger partial charge in [0, 0.05) is 37.4 Å². The highest BCUT2D eigenvalue weighted by molar-refractivity contribution is 9.10. The van der Waals surface area contributed by atoms with Crippen molar-refractivity contribution in [3.63, 3.8) is 0 Å². The van der Waals surface area contributed by atoms with Crippen molar-refractivity contribution in [2.75, 3.05) is 5.32 Å². The molecule has 0 bridgehead atoms. The van der Waals surface area contributed by atoms with E-state index in [9.17, 15) is 4.79 Å². The second-order valence-corrected chi connectivity index (χ2v) is 8.89. The van der Waals surface area contributed by atoms with Gasteiger partial charge >= 0.3 is 0 Å². The molecule has 158 valence electrons. The topological polar surface area (TPSA) is 69.6 Å². The van der Waals surface area contributed by atoms with Crippen molar-refractivity contribution in [3.8, 4) is 0 Å². The fourth-order valence-electron chi connectivity index (χ4n) is 2.84. The van der Waals surface area contributed by atoms with E-state index in [2.05, 4.69) is 21.2 Å². The number of rotatable bonds is 6. The SMILES string of the molecule is C/C(C(=N)C(=O)Nc1ccc(Br)cc1)=C(/[NH2+]c1ccc(Cl)cc1Cl)c1ccc(Cl)cc1. The monoisotopic (exact) mass is 536 g/mol. The molecule has 4 nitrogen and oxygen atoms in total. The van der Waals surface area contributed by atoms with Gasteiger partial charge < -0.3 is 5.32 Å². The number of halogens is 4. The number of amides is 1. The van der Waals surface area contributed by atoms with E-state index in [4.69, 9.17) is 40.2 Å². The number of anilines is 1. The molecule has 0 radical (unpaired) electrons. The lowest BCUT2D eigenvalue weighted by atomic mass is 10.0. The van der Waals surface area contributed by atoms with E-state index >= 15 is 0 Å². The van der Waals surface area contributed by atoms with E-state index in [0.717, 1.165) is 15.7 Å². The Morgan fingerprint density at radius 3 is 2.16 bits per heavy atom. The first-order chi connectivity index (χ1) is 14.7.